The zero-order valence-corrected chi connectivity index (χ0v) is 19.2. The number of nitriles is 1. The van der Waals surface area contributed by atoms with E-state index in [1.165, 1.54) is 13.8 Å². The van der Waals surface area contributed by atoms with Crippen molar-refractivity contribution >= 4 is 28.6 Å². The first kappa shape index (κ1) is 24.4. The number of hydrogen-bond donors (Lipinski definition) is 3. The van der Waals surface area contributed by atoms with Crippen LogP contribution in [0.2, 0.25) is 0 Å². The highest BCUT2D eigenvalue weighted by molar-refractivity contribution is 5.98. The first-order valence-corrected chi connectivity index (χ1v) is 11.2. The van der Waals surface area contributed by atoms with Crippen LogP contribution in [0.4, 0.5) is 13.2 Å². The number of nitrogens with zero attached hydrogens (tertiary/aromatic N) is 2. The number of aromatic nitrogens is 1. The second kappa shape index (κ2) is 9.47. The van der Waals surface area contributed by atoms with Crippen LogP contribution in [0.1, 0.15) is 36.2 Å². The molecule has 6 nitrogen and oxygen atoms in total. The Morgan fingerprint density at radius 3 is 2.57 bits per heavy atom. The van der Waals surface area contributed by atoms with Crippen molar-refractivity contribution in [2.45, 2.75) is 38.7 Å². The minimum atomic E-state index is -4.84. The number of aliphatic hydroxyl groups excluding tert-OH is 1. The molecule has 1 aliphatic heterocycles. The Morgan fingerprint density at radius 2 is 1.94 bits per heavy atom. The first-order chi connectivity index (χ1) is 16.6. The number of hydrogen-bond acceptors (Lipinski definition) is 4. The largest absolute Gasteiger partial charge is 0.416 e. The lowest BCUT2D eigenvalue weighted by Crippen LogP contribution is -2.54. The highest BCUT2D eigenvalue weighted by atomic mass is 19.4. The Bertz CT molecular complexity index is 1310. The van der Waals surface area contributed by atoms with Gasteiger partial charge in [0.2, 0.25) is 5.91 Å². The number of carbonyl (C=O) groups is 1. The Kier molecular flexibility index (Phi) is 6.59. The van der Waals surface area contributed by atoms with Crippen LogP contribution in [0, 0.1) is 17.2 Å². The zero-order valence-electron chi connectivity index (χ0n) is 19.2. The number of aromatic amines is 1. The van der Waals surface area contributed by atoms with E-state index in [-0.39, 0.29) is 6.54 Å². The third-order valence-corrected chi connectivity index (χ3v) is 6.15. The number of nitrogens with one attached hydrogen (secondary N) is 2. The lowest BCUT2D eigenvalue weighted by atomic mass is 9.97. The number of benzene rings is 2. The summed E-state index contributed by atoms with van der Waals surface area (Å²) < 4.78 is 39.4. The number of aliphatic hydroxyl groups is 1. The molecule has 2 atom stereocenters. The van der Waals surface area contributed by atoms with Gasteiger partial charge in [0.05, 0.1) is 30.8 Å². The van der Waals surface area contributed by atoms with Gasteiger partial charge >= 0.3 is 6.18 Å². The van der Waals surface area contributed by atoms with Gasteiger partial charge in [0, 0.05) is 27.9 Å². The molecule has 0 saturated heterocycles. The number of halogens is 3. The average Bonchev–Trinajstić information content (AvgIpc) is 3.17. The summed E-state index contributed by atoms with van der Waals surface area (Å²) in [5.41, 5.74) is 4.67. The number of fused-ring (bicyclic) bond motifs is 3. The number of alkyl halides is 3. The van der Waals surface area contributed by atoms with Gasteiger partial charge in [0.1, 0.15) is 0 Å². The zero-order chi connectivity index (χ0) is 25.3. The molecule has 4 rings (SSSR count). The maximum Gasteiger partial charge on any atom is 0.416 e. The standard InChI is InChI=1S/C26H25F3N4O2/c1-15(2)24(25(35)26(27,28)29)32-23(34)14-33-13-21-19(11-22(33)17-6-4-3-5-7-17)18-9-8-16(12-30)10-20(18)31-21/h3-11,15,24-25,31,35H,13-14H2,1-2H3,(H,32,34). The van der Waals surface area contributed by atoms with Gasteiger partial charge in [0.15, 0.2) is 6.10 Å². The average molecular weight is 483 g/mol. The fraction of sp³-hybridized carbons (Fsp3) is 0.308. The molecule has 2 heterocycles. The van der Waals surface area contributed by atoms with Gasteiger partial charge in [0.25, 0.3) is 0 Å². The molecule has 2 aromatic carbocycles. The molecule has 0 aliphatic carbocycles. The normalized spacial score (nSPS) is 15.4. The number of carbonyl (C=O) groups excluding carboxylic acids is 1. The van der Waals surface area contributed by atoms with Gasteiger partial charge in [-0.2, -0.15) is 18.4 Å². The molecule has 0 radical (unpaired) electrons. The first-order valence-electron chi connectivity index (χ1n) is 11.2. The minimum absolute atomic E-state index is 0.202. The molecule has 3 N–H and O–H groups in total. The number of rotatable bonds is 6. The number of H-pyrrole nitrogens is 1. The fourth-order valence-electron chi connectivity index (χ4n) is 4.37. The summed E-state index contributed by atoms with van der Waals surface area (Å²) >= 11 is 0. The molecule has 1 amide bonds. The Balaban J connectivity index is 1.66. The van der Waals surface area contributed by atoms with Crippen molar-refractivity contribution in [3.63, 3.8) is 0 Å². The smallest absolute Gasteiger partial charge is 0.382 e. The van der Waals surface area contributed by atoms with Gasteiger partial charge in [-0.3, -0.25) is 4.79 Å². The molecule has 35 heavy (non-hydrogen) atoms. The van der Waals surface area contributed by atoms with Crippen molar-refractivity contribution in [3.8, 4) is 6.07 Å². The highest BCUT2D eigenvalue weighted by Crippen LogP contribution is 2.35. The summed E-state index contributed by atoms with van der Waals surface area (Å²) in [4.78, 5) is 18.0. The predicted octanol–water partition coefficient (Wildman–Crippen LogP) is 4.42. The lowest BCUT2D eigenvalue weighted by Gasteiger charge is -2.33. The molecule has 1 aliphatic rings. The van der Waals surface area contributed by atoms with Gasteiger partial charge in [-0.25, -0.2) is 0 Å². The van der Waals surface area contributed by atoms with E-state index in [0.29, 0.717) is 12.1 Å². The highest BCUT2D eigenvalue weighted by Gasteiger charge is 2.45. The van der Waals surface area contributed by atoms with E-state index in [4.69, 9.17) is 0 Å². The minimum Gasteiger partial charge on any atom is -0.382 e. The van der Waals surface area contributed by atoms with Gasteiger partial charge in [-0.05, 0) is 29.7 Å². The molecule has 9 heteroatoms. The molecular formula is C26H25F3N4O2. The Labute approximate surface area is 200 Å². The maximum atomic E-state index is 13.1. The van der Waals surface area contributed by atoms with Crippen molar-refractivity contribution in [1.29, 1.82) is 5.26 Å². The summed E-state index contributed by atoms with van der Waals surface area (Å²) in [6, 6.07) is 15.4. The lowest BCUT2D eigenvalue weighted by molar-refractivity contribution is -0.215. The summed E-state index contributed by atoms with van der Waals surface area (Å²) in [6.07, 6.45) is -5.56. The second-order valence-corrected chi connectivity index (χ2v) is 8.96. The van der Waals surface area contributed by atoms with E-state index in [1.807, 2.05) is 42.5 Å². The van der Waals surface area contributed by atoms with Crippen LogP contribution >= 0.6 is 0 Å². The summed E-state index contributed by atoms with van der Waals surface area (Å²) in [6.45, 7) is 3.14. The maximum absolute atomic E-state index is 13.1. The van der Waals surface area contributed by atoms with E-state index in [9.17, 15) is 28.3 Å². The van der Waals surface area contributed by atoms with Crippen LogP contribution in [0.15, 0.2) is 48.5 Å². The van der Waals surface area contributed by atoms with Crippen LogP contribution in [-0.2, 0) is 11.3 Å². The predicted molar refractivity (Wildman–Crippen MR) is 127 cm³/mol. The van der Waals surface area contributed by atoms with E-state index in [2.05, 4.69) is 16.4 Å². The summed E-state index contributed by atoms with van der Waals surface area (Å²) in [5, 5.41) is 22.3. The molecule has 0 spiro atoms. The number of amides is 1. The third-order valence-electron chi connectivity index (χ3n) is 6.15. The van der Waals surface area contributed by atoms with Gasteiger partial charge < -0.3 is 20.3 Å². The molecule has 2 unspecified atom stereocenters. The molecule has 0 saturated carbocycles. The van der Waals surface area contributed by atoms with Gasteiger partial charge in [-0.1, -0.05) is 50.2 Å². The van der Waals surface area contributed by atoms with E-state index < -0.39 is 30.1 Å². The van der Waals surface area contributed by atoms with Gasteiger partial charge in [-0.15, -0.1) is 0 Å². The molecular weight excluding hydrogens is 457 g/mol. The van der Waals surface area contributed by atoms with Crippen molar-refractivity contribution in [1.82, 2.24) is 15.2 Å². The van der Waals surface area contributed by atoms with E-state index in [0.717, 1.165) is 33.4 Å². The Hall–Kier alpha value is -3.77. The van der Waals surface area contributed by atoms with E-state index >= 15 is 0 Å². The van der Waals surface area contributed by atoms with E-state index in [1.54, 1.807) is 17.0 Å². The monoisotopic (exact) mass is 482 g/mol. The molecule has 1 aromatic heterocycles. The fourth-order valence-corrected chi connectivity index (χ4v) is 4.37. The van der Waals surface area contributed by atoms with Crippen LogP contribution in [-0.4, -0.2) is 45.8 Å². The van der Waals surface area contributed by atoms with Crippen LogP contribution in [0.25, 0.3) is 22.7 Å². The van der Waals surface area contributed by atoms with Crippen LogP contribution in [0.5, 0.6) is 0 Å². The van der Waals surface area contributed by atoms with Crippen LogP contribution < -0.4 is 5.32 Å². The molecule has 0 fully saturated rings. The molecule has 182 valence electrons. The molecule has 3 aromatic rings. The topological polar surface area (TPSA) is 92.2 Å². The van der Waals surface area contributed by atoms with Crippen molar-refractivity contribution in [3.05, 3.63) is 70.9 Å². The SMILES string of the molecule is CC(C)C(NC(=O)CN1Cc2[nH]c3cc(C#N)ccc3c2C=C1c1ccccc1)C(O)C(F)(F)F. The van der Waals surface area contributed by atoms with Crippen molar-refractivity contribution in [2.75, 3.05) is 6.54 Å². The van der Waals surface area contributed by atoms with Crippen LogP contribution in [0.3, 0.4) is 0 Å². The molecule has 0 bridgehead atoms. The third kappa shape index (κ3) is 5.03. The second-order valence-electron chi connectivity index (χ2n) is 8.96. The quantitative estimate of drug-likeness (QED) is 0.485. The summed E-state index contributed by atoms with van der Waals surface area (Å²) in [5.74, 6) is -1.25. The summed E-state index contributed by atoms with van der Waals surface area (Å²) in [7, 11) is 0. The van der Waals surface area contributed by atoms with Crippen molar-refractivity contribution in [2.24, 2.45) is 5.92 Å². The Morgan fingerprint density at radius 1 is 1.23 bits per heavy atom. The van der Waals surface area contributed by atoms with Crippen molar-refractivity contribution < 1.29 is 23.1 Å².